The topological polar surface area (TPSA) is 24.9 Å². The van der Waals surface area contributed by atoms with Gasteiger partial charge in [-0.1, -0.05) is 40.5 Å². The van der Waals surface area contributed by atoms with Crippen LogP contribution in [0.25, 0.3) is 0 Å². The maximum Gasteiger partial charge on any atom is 0.103 e. The predicted octanol–water partition coefficient (Wildman–Crippen LogP) is 4.73. The van der Waals surface area contributed by atoms with Crippen LogP contribution < -0.4 is 5.32 Å². The van der Waals surface area contributed by atoms with E-state index in [-0.39, 0.29) is 5.41 Å². The Hall–Kier alpha value is -0.0600. The first kappa shape index (κ1) is 16.3. The van der Waals surface area contributed by atoms with Gasteiger partial charge < -0.3 is 5.32 Å². The van der Waals surface area contributed by atoms with E-state index in [9.17, 15) is 0 Å². The molecule has 1 fully saturated rings. The van der Waals surface area contributed by atoms with E-state index in [0.717, 1.165) is 24.1 Å². The second-order valence-corrected chi connectivity index (χ2v) is 9.08. The molecule has 4 heteroatoms. The van der Waals surface area contributed by atoms with Gasteiger partial charge in [0.25, 0.3) is 0 Å². The number of thiazole rings is 1. The van der Waals surface area contributed by atoms with Crippen LogP contribution in [0.1, 0.15) is 69.0 Å². The van der Waals surface area contributed by atoms with Crippen LogP contribution in [0.5, 0.6) is 0 Å². The van der Waals surface area contributed by atoms with Gasteiger partial charge in [-0.3, -0.25) is 0 Å². The van der Waals surface area contributed by atoms with Gasteiger partial charge in [-0.15, -0.1) is 11.3 Å². The summed E-state index contributed by atoms with van der Waals surface area (Å²) in [6.45, 7) is 11.0. The van der Waals surface area contributed by atoms with Gasteiger partial charge in [0.2, 0.25) is 0 Å². The van der Waals surface area contributed by atoms with Gasteiger partial charge in [0, 0.05) is 27.8 Å². The van der Waals surface area contributed by atoms with Crippen molar-refractivity contribution in [2.75, 3.05) is 6.54 Å². The Balaban J connectivity index is 2.03. The maximum absolute atomic E-state index is 4.95. The van der Waals surface area contributed by atoms with Gasteiger partial charge in [0.05, 0.1) is 5.69 Å². The number of rotatable bonds is 6. The van der Waals surface area contributed by atoms with Crippen LogP contribution >= 0.6 is 23.1 Å². The maximum atomic E-state index is 4.95. The lowest BCUT2D eigenvalue weighted by Gasteiger charge is -2.17. The zero-order chi connectivity index (χ0) is 14.6. The molecule has 20 heavy (non-hydrogen) atoms. The van der Waals surface area contributed by atoms with Crippen molar-refractivity contribution in [2.24, 2.45) is 0 Å². The molecule has 1 aliphatic carbocycles. The minimum Gasteiger partial charge on any atom is -0.312 e. The molecule has 1 heterocycles. The highest BCUT2D eigenvalue weighted by Crippen LogP contribution is 2.35. The van der Waals surface area contributed by atoms with Crippen molar-refractivity contribution in [3.63, 3.8) is 0 Å². The molecule has 2 rings (SSSR count). The van der Waals surface area contributed by atoms with Crippen molar-refractivity contribution in [2.45, 2.75) is 76.3 Å². The molecule has 0 radical (unpaired) electrons. The van der Waals surface area contributed by atoms with Crippen molar-refractivity contribution < 1.29 is 0 Å². The summed E-state index contributed by atoms with van der Waals surface area (Å²) in [5.41, 5.74) is 1.45. The molecular weight excluding hydrogens is 284 g/mol. The molecule has 1 aromatic heterocycles. The summed E-state index contributed by atoms with van der Waals surface area (Å²) in [5.74, 6) is 1.10. The number of hydrogen-bond acceptors (Lipinski definition) is 4. The predicted molar refractivity (Wildman–Crippen MR) is 91.7 cm³/mol. The van der Waals surface area contributed by atoms with E-state index in [4.69, 9.17) is 4.98 Å². The number of nitrogens with zero attached hydrogens (tertiary/aromatic N) is 1. The van der Waals surface area contributed by atoms with Gasteiger partial charge in [-0.25, -0.2) is 4.98 Å². The van der Waals surface area contributed by atoms with E-state index < -0.39 is 0 Å². The lowest BCUT2D eigenvalue weighted by molar-refractivity contribution is 0.560. The quantitative estimate of drug-likeness (QED) is 0.822. The molecule has 0 aliphatic heterocycles. The van der Waals surface area contributed by atoms with Crippen LogP contribution in [0.15, 0.2) is 0 Å². The molecule has 1 N–H and O–H groups in total. The third kappa shape index (κ3) is 4.47. The highest BCUT2D eigenvalue weighted by molar-refractivity contribution is 7.99. The number of aromatic nitrogens is 1. The minimum atomic E-state index is 0.150. The summed E-state index contributed by atoms with van der Waals surface area (Å²) in [6, 6.07) is 0. The first-order chi connectivity index (χ1) is 9.50. The molecule has 114 valence electrons. The highest BCUT2D eigenvalue weighted by Gasteiger charge is 2.23. The van der Waals surface area contributed by atoms with Crippen molar-refractivity contribution >= 4 is 23.1 Å². The van der Waals surface area contributed by atoms with Gasteiger partial charge in [-0.05, 0) is 19.4 Å². The summed E-state index contributed by atoms with van der Waals surface area (Å²) in [7, 11) is 0. The average molecular weight is 313 g/mol. The minimum absolute atomic E-state index is 0.150. The van der Waals surface area contributed by atoms with Gasteiger partial charge in [-0.2, -0.15) is 11.8 Å². The molecule has 0 atom stereocenters. The molecular formula is C16H28N2S2. The Labute approximate surface area is 132 Å². The molecule has 1 aromatic rings. The molecule has 2 nitrogen and oxygen atoms in total. The van der Waals surface area contributed by atoms with Crippen molar-refractivity contribution in [3.8, 4) is 0 Å². The molecule has 0 amide bonds. The molecule has 0 aromatic carbocycles. The summed E-state index contributed by atoms with van der Waals surface area (Å²) < 4.78 is 0. The molecule has 0 saturated heterocycles. The Bertz CT molecular complexity index is 415. The van der Waals surface area contributed by atoms with E-state index in [1.807, 2.05) is 11.3 Å². The van der Waals surface area contributed by atoms with Gasteiger partial charge >= 0.3 is 0 Å². The summed E-state index contributed by atoms with van der Waals surface area (Å²) >= 11 is 4.04. The van der Waals surface area contributed by atoms with Crippen LogP contribution in [0.2, 0.25) is 0 Å². The van der Waals surface area contributed by atoms with Crippen LogP contribution in [-0.4, -0.2) is 16.8 Å². The number of thioether (sulfide) groups is 1. The highest BCUT2D eigenvalue weighted by atomic mass is 32.2. The van der Waals surface area contributed by atoms with E-state index in [0.29, 0.717) is 0 Å². The van der Waals surface area contributed by atoms with Crippen molar-refractivity contribution in [1.82, 2.24) is 10.3 Å². The molecule has 1 saturated carbocycles. The van der Waals surface area contributed by atoms with Crippen molar-refractivity contribution in [1.29, 1.82) is 0 Å². The summed E-state index contributed by atoms with van der Waals surface area (Å²) in [4.78, 5) is 6.38. The van der Waals surface area contributed by atoms with E-state index in [1.54, 1.807) is 0 Å². The molecule has 1 aliphatic rings. The van der Waals surface area contributed by atoms with Crippen molar-refractivity contribution in [3.05, 3.63) is 15.6 Å². The van der Waals surface area contributed by atoms with E-state index in [2.05, 4.69) is 44.8 Å². The lowest BCUT2D eigenvalue weighted by atomic mass is 9.91. The molecule has 0 unspecified atom stereocenters. The Kier molecular flexibility index (Phi) is 5.94. The number of hydrogen-bond donors (Lipinski definition) is 1. The summed E-state index contributed by atoms with van der Waals surface area (Å²) in [5, 5.41) is 5.65. The van der Waals surface area contributed by atoms with Gasteiger partial charge in [0.15, 0.2) is 0 Å². The third-order valence-corrected chi connectivity index (χ3v) is 6.35. The summed E-state index contributed by atoms with van der Waals surface area (Å²) in [6.07, 6.45) is 5.67. The second-order valence-electron chi connectivity index (χ2n) is 6.63. The Morgan fingerprint density at radius 3 is 2.60 bits per heavy atom. The second kappa shape index (κ2) is 7.28. The first-order valence-corrected chi connectivity index (χ1v) is 9.68. The fourth-order valence-corrected chi connectivity index (χ4v) is 5.24. The average Bonchev–Trinajstić information content (AvgIpc) is 3.02. The fraction of sp³-hybridized carbons (Fsp3) is 0.812. The normalized spacial score (nSPS) is 17.0. The lowest BCUT2D eigenvalue weighted by Crippen LogP contribution is -2.18. The smallest absolute Gasteiger partial charge is 0.103 e. The Morgan fingerprint density at radius 2 is 2.00 bits per heavy atom. The first-order valence-electron chi connectivity index (χ1n) is 7.82. The SMILES string of the molecule is CCNCc1sc(CSC2CCCC2)nc1C(C)(C)C. The standard InChI is InChI=1S/C16H28N2S2/c1-5-17-10-13-15(16(2,3)4)18-14(20-13)11-19-12-8-6-7-9-12/h12,17H,5-11H2,1-4H3. The zero-order valence-corrected chi connectivity index (χ0v) is 14.9. The van der Waals surface area contributed by atoms with Crippen LogP contribution in [0.4, 0.5) is 0 Å². The van der Waals surface area contributed by atoms with Crippen LogP contribution in [-0.2, 0) is 17.7 Å². The van der Waals surface area contributed by atoms with Crippen LogP contribution in [0, 0.1) is 0 Å². The van der Waals surface area contributed by atoms with E-state index in [1.165, 1.54) is 41.3 Å². The number of nitrogens with one attached hydrogen (secondary N) is 1. The van der Waals surface area contributed by atoms with E-state index >= 15 is 0 Å². The molecule has 0 bridgehead atoms. The molecule has 0 spiro atoms. The zero-order valence-electron chi connectivity index (χ0n) is 13.3. The third-order valence-electron chi connectivity index (χ3n) is 3.73. The monoisotopic (exact) mass is 312 g/mol. The Morgan fingerprint density at radius 1 is 1.30 bits per heavy atom. The van der Waals surface area contributed by atoms with Crippen LogP contribution in [0.3, 0.4) is 0 Å². The fourth-order valence-electron chi connectivity index (χ4n) is 2.65. The van der Waals surface area contributed by atoms with Gasteiger partial charge in [0.1, 0.15) is 5.01 Å². The largest absolute Gasteiger partial charge is 0.312 e.